The van der Waals surface area contributed by atoms with Crippen LogP contribution in [-0.2, 0) is 47.5 Å². The number of methoxy groups -OCH3 is 1. The maximum atomic E-state index is 15.6. The fourth-order valence-corrected chi connectivity index (χ4v) is 10.7. The molecule has 4 fully saturated rings. The number of ketones is 1. The molecule has 2 aliphatic heterocycles. The Kier molecular flexibility index (Phi) is 11.6. The van der Waals surface area contributed by atoms with Crippen molar-refractivity contribution >= 4 is 35.9 Å². The molecule has 2 saturated heterocycles. The van der Waals surface area contributed by atoms with Crippen molar-refractivity contribution in [2.24, 2.45) is 22.2 Å². The molecule has 0 aromatic heterocycles. The molecule has 6 rings (SSSR count). The zero-order valence-electron chi connectivity index (χ0n) is 37.2. The van der Waals surface area contributed by atoms with Crippen molar-refractivity contribution in [1.29, 1.82) is 0 Å². The third kappa shape index (κ3) is 6.96. The summed E-state index contributed by atoms with van der Waals surface area (Å²) in [4.78, 5) is 84.7. The number of benzene rings is 1. The molecule has 2 saturated carbocycles. The molecule has 1 aromatic carbocycles. The average Bonchev–Trinajstić information content (AvgIpc) is 3.36. The van der Waals surface area contributed by atoms with Crippen LogP contribution in [0, 0.1) is 22.2 Å². The minimum atomic E-state index is -2.50. The molecule has 4 N–H and O–H groups in total. The molecular weight excluding hydrogens is 814 g/mol. The second kappa shape index (κ2) is 15.3. The quantitative estimate of drug-likeness (QED) is 0.166. The van der Waals surface area contributed by atoms with E-state index in [0.717, 1.165) is 18.9 Å². The highest BCUT2D eigenvalue weighted by atomic mass is 16.8. The smallest absolute Gasteiger partial charge is 0.455 e. The lowest BCUT2D eigenvalue weighted by Crippen LogP contribution is -2.82. The highest BCUT2D eigenvalue weighted by Crippen LogP contribution is 2.65. The fourth-order valence-electron chi connectivity index (χ4n) is 10.7. The van der Waals surface area contributed by atoms with Crippen LogP contribution in [0.3, 0.4) is 0 Å². The van der Waals surface area contributed by atoms with E-state index in [2.05, 4.69) is 0 Å². The van der Waals surface area contributed by atoms with Crippen molar-refractivity contribution in [3.05, 3.63) is 47.0 Å². The first-order valence-corrected chi connectivity index (χ1v) is 20.5. The van der Waals surface area contributed by atoms with E-state index in [9.17, 15) is 44.4 Å². The summed E-state index contributed by atoms with van der Waals surface area (Å²) >= 11 is 0. The first kappa shape index (κ1) is 46.9. The Bertz CT molecular complexity index is 2060. The van der Waals surface area contributed by atoms with Crippen LogP contribution in [0.4, 0.5) is 9.59 Å². The molecule has 3 aliphatic carbocycles. The van der Waals surface area contributed by atoms with E-state index < -0.39 is 136 Å². The van der Waals surface area contributed by atoms with Gasteiger partial charge in [-0.25, -0.2) is 19.2 Å². The highest BCUT2D eigenvalue weighted by Gasteiger charge is 2.79. The summed E-state index contributed by atoms with van der Waals surface area (Å²) in [5.74, 6) is -5.81. The van der Waals surface area contributed by atoms with E-state index in [-0.39, 0.29) is 23.1 Å². The first-order chi connectivity index (χ1) is 28.5. The predicted octanol–water partition coefficient (Wildman–Crippen LogP) is 3.14. The second-order valence-electron chi connectivity index (χ2n) is 19.8. The van der Waals surface area contributed by atoms with Gasteiger partial charge in [-0.1, -0.05) is 52.8 Å². The Balaban J connectivity index is 1.60. The van der Waals surface area contributed by atoms with Crippen LogP contribution in [0.15, 0.2) is 41.5 Å². The van der Waals surface area contributed by atoms with Gasteiger partial charge in [0.1, 0.15) is 23.4 Å². The second-order valence-corrected chi connectivity index (χ2v) is 19.8. The lowest BCUT2D eigenvalue weighted by atomic mass is 9.44. The van der Waals surface area contributed by atoms with Crippen molar-refractivity contribution in [3.63, 3.8) is 0 Å². The monoisotopic (exact) mass is 873 g/mol. The van der Waals surface area contributed by atoms with Crippen LogP contribution < -0.4 is 0 Å². The van der Waals surface area contributed by atoms with Gasteiger partial charge in [-0.15, -0.1) is 0 Å². The summed E-state index contributed by atoms with van der Waals surface area (Å²) in [5, 5.41) is 49.0. The zero-order valence-corrected chi connectivity index (χ0v) is 37.2. The van der Waals surface area contributed by atoms with Gasteiger partial charge in [0.2, 0.25) is 0 Å². The number of carbonyl (C=O) groups is 6. The number of nitrogens with zero attached hydrogens (tertiary/aromatic N) is 1. The van der Waals surface area contributed by atoms with Crippen LogP contribution >= 0.6 is 0 Å². The van der Waals surface area contributed by atoms with Gasteiger partial charge < -0.3 is 53.6 Å². The number of carbonyl (C=O) groups excluding carboxylic acids is 6. The van der Waals surface area contributed by atoms with Gasteiger partial charge in [0.15, 0.2) is 35.4 Å². The summed E-state index contributed by atoms with van der Waals surface area (Å²) in [7, 11) is 1.06. The molecule has 1 amide bonds. The number of Topliss-reactive ketones (excluding diaryl/α,β-unsaturated/α-hetero) is 1. The highest BCUT2D eigenvalue weighted by molar-refractivity contribution is 5.95. The minimum absolute atomic E-state index is 0.0292. The van der Waals surface area contributed by atoms with Crippen LogP contribution in [0.2, 0.25) is 0 Å². The Morgan fingerprint density at radius 2 is 1.56 bits per heavy atom. The molecule has 0 radical (unpaired) electrons. The molecule has 4 unspecified atom stereocenters. The van der Waals surface area contributed by atoms with Crippen LogP contribution in [0.1, 0.15) is 99.4 Å². The summed E-state index contributed by atoms with van der Waals surface area (Å²) in [6, 6.07) is 6.27. The number of cyclic esters (lactones) is 1. The van der Waals surface area contributed by atoms with Gasteiger partial charge in [0.25, 0.3) is 0 Å². The summed E-state index contributed by atoms with van der Waals surface area (Å²) in [6.07, 6.45) is -13.4. The number of hydrogen-bond donors (Lipinski definition) is 4. The number of fused-ring (bicyclic) bond motifs is 5. The summed E-state index contributed by atoms with van der Waals surface area (Å²) in [6.45, 7) is 15.7. The minimum Gasteiger partial charge on any atom is -0.455 e. The lowest BCUT2D eigenvalue weighted by Gasteiger charge is -2.67. The zero-order chi connectivity index (χ0) is 46.5. The molecule has 12 atom stereocenters. The van der Waals surface area contributed by atoms with E-state index in [1.165, 1.54) is 60.6 Å². The van der Waals surface area contributed by atoms with Crippen molar-refractivity contribution in [2.75, 3.05) is 13.7 Å². The van der Waals surface area contributed by atoms with Crippen molar-refractivity contribution in [1.82, 2.24) is 4.90 Å². The molecule has 62 heavy (non-hydrogen) atoms. The van der Waals surface area contributed by atoms with Crippen LogP contribution in [-0.4, -0.2) is 140 Å². The van der Waals surface area contributed by atoms with Gasteiger partial charge in [0, 0.05) is 25.2 Å². The number of ether oxygens (including phenoxy) is 7. The molecular formula is C44H59NO17. The molecule has 18 nitrogen and oxygen atoms in total. The Morgan fingerprint density at radius 3 is 2.06 bits per heavy atom. The Morgan fingerprint density at radius 1 is 0.952 bits per heavy atom. The molecule has 1 aromatic rings. The number of aliphatic hydroxyl groups is 4. The fraction of sp³-hybridized carbons (Fsp3) is 0.682. The van der Waals surface area contributed by atoms with E-state index >= 15 is 4.79 Å². The van der Waals surface area contributed by atoms with Crippen LogP contribution in [0.25, 0.3) is 0 Å². The van der Waals surface area contributed by atoms with Crippen molar-refractivity contribution in [2.45, 2.75) is 154 Å². The van der Waals surface area contributed by atoms with Gasteiger partial charge >= 0.3 is 30.2 Å². The number of aliphatic hydroxyl groups excluding tert-OH is 3. The van der Waals surface area contributed by atoms with Gasteiger partial charge in [-0.3, -0.25) is 14.5 Å². The van der Waals surface area contributed by atoms with Gasteiger partial charge in [-0.05, 0) is 63.3 Å². The number of amides is 1. The largest absolute Gasteiger partial charge is 0.508 e. The first-order valence-electron chi connectivity index (χ1n) is 20.5. The van der Waals surface area contributed by atoms with Crippen molar-refractivity contribution in [3.8, 4) is 0 Å². The SMILES string of the molecule is COC(=O)O[C@@]12CO[C@@H]1CC(O)[C@@]1(C)C(=O)[C@H](OC(C)=O)C3=C(C)[C@@](C)(OC(=O)[C@H](O)[C@@H](N4C(=O)OC(C)(C)C4O)C(C)(C)C)C[C@@](O)(C(OC(=O)c4ccccc4)C12)C3(C)C. The maximum absolute atomic E-state index is 15.6. The third-order valence-corrected chi connectivity index (χ3v) is 14.2. The normalized spacial score (nSPS) is 36.9. The number of rotatable bonds is 8. The van der Waals surface area contributed by atoms with E-state index in [1.807, 2.05) is 0 Å². The maximum Gasteiger partial charge on any atom is 0.508 e. The standard InChI is InChI=1S/C44H59NO17/c1-21-26-28(58-22(2)46)31(49)42(11)24(47)18-25-43(20-57-25,62-37(54)56-12)29(42)32(59-33(50)23-16-14-13-15-17-23)44(55,39(26,6)7)19-41(21,10)60-34(51)27(48)30(38(3,4)5)45-35(52)40(8,9)61-36(45)53/h13-17,24-25,27-30,32,35,47-48,52,55H,18-20H2,1-12H3/t24?,25-,27-,28-,29?,30-,32?,35?,41+,42-,43+,44-/m1/s1. The van der Waals surface area contributed by atoms with E-state index in [0.29, 0.717) is 0 Å². The molecule has 342 valence electrons. The molecule has 18 heteroatoms. The third-order valence-electron chi connectivity index (χ3n) is 14.2. The summed E-state index contributed by atoms with van der Waals surface area (Å²) in [5.41, 5.74) is -12.8. The van der Waals surface area contributed by atoms with Crippen LogP contribution in [0.5, 0.6) is 0 Å². The molecule has 5 aliphatic rings. The van der Waals surface area contributed by atoms with Gasteiger partial charge in [0.05, 0.1) is 42.8 Å². The number of hydrogen-bond acceptors (Lipinski definition) is 17. The lowest BCUT2D eigenvalue weighted by molar-refractivity contribution is -0.345. The Labute approximate surface area is 359 Å². The Hall–Kier alpha value is -4.62. The topological polar surface area (TPSA) is 251 Å². The molecule has 2 heterocycles. The summed E-state index contributed by atoms with van der Waals surface area (Å²) < 4.78 is 40.6. The van der Waals surface area contributed by atoms with Crippen molar-refractivity contribution < 1.29 is 82.4 Å². The van der Waals surface area contributed by atoms with Gasteiger partial charge in [-0.2, -0.15) is 0 Å². The van der Waals surface area contributed by atoms with E-state index in [1.54, 1.807) is 39.0 Å². The molecule has 0 spiro atoms. The average molecular weight is 874 g/mol. The van der Waals surface area contributed by atoms with E-state index in [4.69, 9.17) is 33.2 Å². The molecule has 2 bridgehead atoms. The number of esters is 3. The predicted molar refractivity (Wildman–Crippen MR) is 213 cm³/mol.